The molecule has 1 fully saturated rings. The van der Waals surface area contributed by atoms with Crippen LogP contribution >= 0.6 is 0 Å². The summed E-state index contributed by atoms with van der Waals surface area (Å²) in [4.78, 5) is 21.9. The Morgan fingerprint density at radius 1 is 0.943 bits per heavy atom. The van der Waals surface area contributed by atoms with Gasteiger partial charge >= 0.3 is 5.97 Å². The van der Waals surface area contributed by atoms with E-state index in [0.29, 0.717) is 29.6 Å². The molecule has 0 radical (unpaired) electrons. The number of aryl methyl sites for hydroxylation is 2. The van der Waals surface area contributed by atoms with E-state index in [2.05, 4.69) is 13.0 Å². The summed E-state index contributed by atoms with van der Waals surface area (Å²) >= 11 is 0. The van der Waals surface area contributed by atoms with E-state index in [0.717, 1.165) is 35.3 Å². The van der Waals surface area contributed by atoms with Crippen LogP contribution in [0.4, 0.5) is 5.69 Å². The van der Waals surface area contributed by atoms with Crippen molar-refractivity contribution in [2.45, 2.75) is 57.8 Å². The zero-order valence-corrected chi connectivity index (χ0v) is 19.7. The summed E-state index contributed by atoms with van der Waals surface area (Å²) < 4.78 is 12.1. The van der Waals surface area contributed by atoms with Crippen molar-refractivity contribution >= 4 is 11.7 Å². The van der Waals surface area contributed by atoms with Crippen molar-refractivity contribution in [1.29, 1.82) is 0 Å². The first-order valence-corrected chi connectivity index (χ1v) is 11.9. The van der Waals surface area contributed by atoms with Gasteiger partial charge in [0.05, 0.1) is 17.1 Å². The van der Waals surface area contributed by atoms with Gasteiger partial charge < -0.3 is 14.6 Å². The molecule has 4 rings (SSSR count). The molecule has 7 nitrogen and oxygen atoms in total. The standard InChI is InChI=1S/C28H29NO6/c1-19-7-13-27(26(15-19)21-5-3-2-4-6-21)35-25-17-22(29(32)33)16-24(18-25)34-23-11-8-20(9-12-23)10-14-28(30)31/h7-9,11-13,15-18,21H,2-6,10,14H2,1H3,(H,30,31). The summed E-state index contributed by atoms with van der Waals surface area (Å²) in [7, 11) is 0. The zero-order chi connectivity index (χ0) is 24.8. The number of aliphatic carboxylic acids is 1. The Labute approximate surface area is 204 Å². The summed E-state index contributed by atoms with van der Waals surface area (Å²) in [6.45, 7) is 2.06. The van der Waals surface area contributed by atoms with Crippen LogP contribution in [0.1, 0.15) is 61.1 Å². The molecule has 0 amide bonds. The van der Waals surface area contributed by atoms with Gasteiger partial charge in [-0.25, -0.2) is 0 Å². The fourth-order valence-corrected chi connectivity index (χ4v) is 4.51. The summed E-state index contributed by atoms with van der Waals surface area (Å²) in [5.74, 6) is 1.42. The van der Waals surface area contributed by atoms with E-state index in [9.17, 15) is 14.9 Å². The van der Waals surface area contributed by atoms with E-state index >= 15 is 0 Å². The number of nitro benzene ring substituents is 1. The predicted octanol–water partition coefficient (Wildman–Crippen LogP) is 7.55. The number of rotatable bonds is 9. The van der Waals surface area contributed by atoms with Crippen molar-refractivity contribution < 1.29 is 24.3 Å². The molecule has 35 heavy (non-hydrogen) atoms. The fraction of sp³-hybridized carbons (Fsp3) is 0.321. The van der Waals surface area contributed by atoms with Gasteiger partial charge in [-0.15, -0.1) is 0 Å². The minimum atomic E-state index is -0.852. The van der Waals surface area contributed by atoms with Gasteiger partial charge in [-0.1, -0.05) is 49.1 Å². The Hall–Kier alpha value is -3.87. The lowest BCUT2D eigenvalue weighted by atomic mass is 9.83. The molecule has 0 aromatic heterocycles. The molecule has 1 saturated carbocycles. The highest BCUT2D eigenvalue weighted by Gasteiger charge is 2.21. The first-order valence-electron chi connectivity index (χ1n) is 11.9. The van der Waals surface area contributed by atoms with Crippen molar-refractivity contribution in [3.8, 4) is 23.0 Å². The third-order valence-electron chi connectivity index (χ3n) is 6.30. The largest absolute Gasteiger partial charge is 0.481 e. The number of carboxylic acids is 1. The molecular formula is C28H29NO6. The molecule has 7 heteroatoms. The molecule has 1 aliphatic carbocycles. The quantitative estimate of drug-likeness (QED) is 0.253. The second kappa shape index (κ2) is 11.0. The van der Waals surface area contributed by atoms with Crippen LogP contribution in [0.15, 0.2) is 60.7 Å². The lowest BCUT2D eigenvalue weighted by Crippen LogP contribution is -2.06. The van der Waals surface area contributed by atoms with Crippen LogP contribution in [0, 0.1) is 17.0 Å². The molecule has 0 spiro atoms. The number of carbonyl (C=O) groups is 1. The molecular weight excluding hydrogens is 446 g/mol. The van der Waals surface area contributed by atoms with Crippen LogP contribution in [0.25, 0.3) is 0 Å². The summed E-state index contributed by atoms with van der Waals surface area (Å²) in [6, 6.07) is 17.5. The van der Waals surface area contributed by atoms with E-state index in [1.54, 1.807) is 30.3 Å². The predicted molar refractivity (Wildman–Crippen MR) is 133 cm³/mol. The molecule has 0 aliphatic heterocycles. The lowest BCUT2D eigenvalue weighted by molar-refractivity contribution is -0.385. The van der Waals surface area contributed by atoms with Crippen molar-refractivity contribution in [3.63, 3.8) is 0 Å². The number of carboxylic acid groups (broad SMARTS) is 1. The number of non-ortho nitro benzene ring substituents is 1. The first kappa shape index (κ1) is 24.3. The fourth-order valence-electron chi connectivity index (χ4n) is 4.51. The molecule has 1 aliphatic rings. The number of hydrogen-bond acceptors (Lipinski definition) is 5. The van der Waals surface area contributed by atoms with Gasteiger partial charge in [-0.2, -0.15) is 0 Å². The molecule has 182 valence electrons. The minimum absolute atomic E-state index is 0.0492. The Morgan fingerprint density at radius 2 is 1.63 bits per heavy atom. The number of ether oxygens (including phenoxy) is 2. The molecule has 3 aromatic rings. The third kappa shape index (κ3) is 6.59. The Bertz CT molecular complexity index is 1200. The van der Waals surface area contributed by atoms with Gasteiger partial charge in [0.15, 0.2) is 0 Å². The van der Waals surface area contributed by atoms with Gasteiger partial charge in [0.2, 0.25) is 0 Å². The SMILES string of the molecule is Cc1ccc(Oc2cc(Oc3ccc(CCC(=O)O)cc3)cc([N+](=O)[O-])c2)c(C2CCCCC2)c1. The van der Waals surface area contributed by atoms with Crippen molar-refractivity contribution in [2.75, 3.05) is 0 Å². The molecule has 0 unspecified atom stereocenters. The maximum absolute atomic E-state index is 11.6. The minimum Gasteiger partial charge on any atom is -0.481 e. The maximum Gasteiger partial charge on any atom is 0.303 e. The molecule has 1 N–H and O–H groups in total. The van der Waals surface area contributed by atoms with Gasteiger partial charge in [0, 0.05) is 12.5 Å². The van der Waals surface area contributed by atoms with Crippen molar-refractivity contribution in [2.24, 2.45) is 0 Å². The van der Waals surface area contributed by atoms with Crippen LogP contribution in [-0.2, 0) is 11.2 Å². The normalized spacial score (nSPS) is 13.9. The van der Waals surface area contributed by atoms with Crippen LogP contribution in [0.5, 0.6) is 23.0 Å². The summed E-state index contributed by atoms with van der Waals surface area (Å²) in [5, 5.41) is 20.4. The number of nitro groups is 1. The van der Waals surface area contributed by atoms with Crippen molar-refractivity contribution in [3.05, 3.63) is 87.5 Å². The second-order valence-electron chi connectivity index (χ2n) is 9.04. The average molecular weight is 476 g/mol. The average Bonchev–Trinajstić information content (AvgIpc) is 2.85. The smallest absolute Gasteiger partial charge is 0.303 e. The van der Waals surface area contributed by atoms with E-state index in [1.165, 1.54) is 31.4 Å². The lowest BCUT2D eigenvalue weighted by Gasteiger charge is -2.24. The first-order chi connectivity index (χ1) is 16.9. The molecule has 0 bridgehead atoms. The van der Waals surface area contributed by atoms with Gasteiger partial charge in [-0.3, -0.25) is 14.9 Å². The maximum atomic E-state index is 11.6. The van der Waals surface area contributed by atoms with E-state index < -0.39 is 10.9 Å². The summed E-state index contributed by atoms with van der Waals surface area (Å²) in [6.07, 6.45) is 6.35. The highest BCUT2D eigenvalue weighted by atomic mass is 16.6. The molecule has 3 aromatic carbocycles. The van der Waals surface area contributed by atoms with Crippen LogP contribution < -0.4 is 9.47 Å². The summed E-state index contributed by atoms with van der Waals surface area (Å²) in [5.41, 5.74) is 3.06. The monoisotopic (exact) mass is 475 g/mol. The molecule has 0 saturated heterocycles. The van der Waals surface area contributed by atoms with Crippen LogP contribution in [-0.4, -0.2) is 16.0 Å². The number of nitrogens with zero attached hydrogens (tertiary/aromatic N) is 1. The van der Waals surface area contributed by atoms with Gasteiger partial charge in [-0.05, 0) is 61.4 Å². The van der Waals surface area contributed by atoms with Gasteiger partial charge in [0.25, 0.3) is 5.69 Å². The molecule has 0 atom stereocenters. The van der Waals surface area contributed by atoms with E-state index in [1.807, 2.05) is 12.1 Å². The number of hydrogen-bond donors (Lipinski definition) is 1. The zero-order valence-electron chi connectivity index (χ0n) is 19.7. The second-order valence-corrected chi connectivity index (χ2v) is 9.04. The third-order valence-corrected chi connectivity index (χ3v) is 6.30. The van der Waals surface area contributed by atoms with Crippen molar-refractivity contribution in [1.82, 2.24) is 0 Å². The Morgan fingerprint density at radius 3 is 2.29 bits per heavy atom. The van der Waals surface area contributed by atoms with Gasteiger partial charge in [0.1, 0.15) is 23.0 Å². The van der Waals surface area contributed by atoms with Crippen LogP contribution in [0.2, 0.25) is 0 Å². The topological polar surface area (TPSA) is 98.9 Å². The molecule has 0 heterocycles. The number of benzene rings is 3. The van der Waals surface area contributed by atoms with E-state index in [4.69, 9.17) is 14.6 Å². The Balaban J connectivity index is 1.57. The van der Waals surface area contributed by atoms with Crippen LogP contribution in [0.3, 0.4) is 0 Å². The Kier molecular flexibility index (Phi) is 7.65. The van der Waals surface area contributed by atoms with E-state index in [-0.39, 0.29) is 12.1 Å². The highest BCUT2D eigenvalue weighted by molar-refractivity contribution is 5.67. The highest BCUT2D eigenvalue weighted by Crippen LogP contribution is 2.41.